The Bertz CT molecular complexity index is 959. The number of hydrogen-bond acceptors (Lipinski definition) is 4. The Morgan fingerprint density at radius 2 is 2.08 bits per heavy atom. The molecular weight excluding hydrogens is 370 g/mol. The number of rotatable bonds is 3. The summed E-state index contributed by atoms with van der Waals surface area (Å²) >= 11 is 7.60. The van der Waals surface area contributed by atoms with Crippen molar-refractivity contribution < 1.29 is 9.90 Å². The molecule has 3 aromatic rings. The van der Waals surface area contributed by atoms with Gasteiger partial charge in [-0.1, -0.05) is 48.0 Å². The summed E-state index contributed by atoms with van der Waals surface area (Å²) in [6, 6.07) is 15.1. The Hall–Kier alpha value is -2.44. The lowest BCUT2D eigenvalue weighted by molar-refractivity contribution is -0.113. The van der Waals surface area contributed by atoms with Gasteiger partial charge in [-0.2, -0.15) is 5.10 Å². The predicted molar refractivity (Wildman–Crippen MR) is 104 cm³/mol. The van der Waals surface area contributed by atoms with Gasteiger partial charge in [-0.25, -0.2) is 4.68 Å². The molecule has 1 atom stereocenters. The van der Waals surface area contributed by atoms with Crippen LogP contribution in [-0.4, -0.2) is 26.5 Å². The van der Waals surface area contributed by atoms with Crippen molar-refractivity contribution in [3.05, 3.63) is 76.4 Å². The highest BCUT2D eigenvalue weighted by Crippen LogP contribution is 2.43. The van der Waals surface area contributed by atoms with E-state index in [0.29, 0.717) is 23.1 Å². The molecule has 0 spiro atoms. The van der Waals surface area contributed by atoms with Crippen molar-refractivity contribution in [3.63, 3.8) is 0 Å². The third-order valence-electron chi connectivity index (χ3n) is 4.24. The number of hydrogen-bond donors (Lipinski definition) is 2. The molecule has 0 bridgehead atoms. The first-order chi connectivity index (χ1) is 12.6. The maximum Gasteiger partial charge on any atom is 0.235 e. The number of fused-ring (bicyclic) bond motifs is 1. The van der Waals surface area contributed by atoms with Crippen LogP contribution < -0.4 is 5.32 Å². The van der Waals surface area contributed by atoms with Crippen molar-refractivity contribution >= 4 is 35.1 Å². The summed E-state index contributed by atoms with van der Waals surface area (Å²) in [5.74, 6) is 1.03. The molecule has 26 heavy (non-hydrogen) atoms. The minimum absolute atomic E-state index is 0.0447. The van der Waals surface area contributed by atoms with Crippen LogP contribution in [0.25, 0.3) is 0 Å². The second-order valence-electron chi connectivity index (χ2n) is 6.04. The summed E-state index contributed by atoms with van der Waals surface area (Å²) in [4.78, 5) is 12.2. The molecule has 7 heteroatoms. The molecule has 132 valence electrons. The van der Waals surface area contributed by atoms with Gasteiger partial charge in [-0.3, -0.25) is 4.79 Å². The first-order valence-corrected chi connectivity index (χ1v) is 9.54. The molecule has 1 aromatic heterocycles. The number of phenolic OH excluding ortho intramolecular Hbond substituents is 1. The lowest BCUT2D eigenvalue weighted by atomic mass is 10.1. The number of carbonyl (C=O) groups is 1. The van der Waals surface area contributed by atoms with E-state index in [1.165, 1.54) is 11.8 Å². The van der Waals surface area contributed by atoms with Crippen molar-refractivity contribution in [1.29, 1.82) is 0 Å². The molecule has 0 saturated heterocycles. The maximum absolute atomic E-state index is 12.2. The van der Waals surface area contributed by atoms with Gasteiger partial charge in [0.2, 0.25) is 5.91 Å². The summed E-state index contributed by atoms with van der Waals surface area (Å²) in [5, 5.41) is 17.4. The van der Waals surface area contributed by atoms with Crippen LogP contribution in [0, 0.1) is 0 Å². The largest absolute Gasteiger partial charge is 0.506 e. The number of amides is 1. The summed E-state index contributed by atoms with van der Waals surface area (Å²) < 4.78 is 1.81. The molecule has 4 rings (SSSR count). The fraction of sp³-hybridized carbons (Fsp3) is 0.158. The van der Waals surface area contributed by atoms with Gasteiger partial charge in [0.15, 0.2) is 0 Å². The van der Waals surface area contributed by atoms with Gasteiger partial charge in [-0.15, -0.1) is 11.8 Å². The average molecular weight is 386 g/mol. The monoisotopic (exact) mass is 385 g/mol. The SMILES string of the molecule is O=C1CS[C@H](c2ccc(O)c(Cl)c2)c2cnn(Cc3ccccc3)c2N1. The van der Waals surface area contributed by atoms with E-state index in [1.54, 1.807) is 18.3 Å². The molecular formula is C19H16ClN3O2S. The van der Waals surface area contributed by atoms with E-state index < -0.39 is 0 Å². The zero-order chi connectivity index (χ0) is 18.1. The number of carbonyl (C=O) groups excluding carboxylic acids is 1. The maximum atomic E-state index is 12.2. The number of halogens is 1. The first kappa shape index (κ1) is 17.0. The van der Waals surface area contributed by atoms with Crippen LogP contribution in [0.4, 0.5) is 5.82 Å². The number of anilines is 1. The molecule has 1 aliphatic rings. The zero-order valence-electron chi connectivity index (χ0n) is 13.7. The Balaban J connectivity index is 1.74. The van der Waals surface area contributed by atoms with Gasteiger partial charge < -0.3 is 10.4 Å². The van der Waals surface area contributed by atoms with Gasteiger partial charge in [-0.05, 0) is 23.3 Å². The number of aromatic nitrogens is 2. The Morgan fingerprint density at radius 3 is 2.85 bits per heavy atom. The Labute approximate surface area is 160 Å². The number of aromatic hydroxyl groups is 1. The molecule has 0 unspecified atom stereocenters. The topological polar surface area (TPSA) is 67.1 Å². The predicted octanol–water partition coefficient (Wildman–Crippen LogP) is 4.07. The third kappa shape index (κ3) is 3.30. The fourth-order valence-corrected chi connectivity index (χ4v) is 4.25. The van der Waals surface area contributed by atoms with Gasteiger partial charge in [0.25, 0.3) is 0 Å². The molecule has 2 heterocycles. The van der Waals surface area contributed by atoms with Crippen LogP contribution in [0.1, 0.15) is 21.9 Å². The zero-order valence-corrected chi connectivity index (χ0v) is 15.3. The van der Waals surface area contributed by atoms with Crippen molar-refractivity contribution in [2.45, 2.75) is 11.8 Å². The number of thioether (sulfide) groups is 1. The van der Waals surface area contributed by atoms with E-state index in [-0.39, 0.29) is 16.9 Å². The van der Waals surface area contributed by atoms with Crippen LogP contribution in [0.2, 0.25) is 5.02 Å². The van der Waals surface area contributed by atoms with Crippen molar-refractivity contribution in [2.24, 2.45) is 0 Å². The lowest BCUT2D eigenvalue weighted by Crippen LogP contribution is -2.16. The number of phenols is 1. The summed E-state index contributed by atoms with van der Waals surface area (Å²) in [6.45, 7) is 0.574. The lowest BCUT2D eigenvalue weighted by Gasteiger charge is -2.15. The molecule has 1 amide bonds. The van der Waals surface area contributed by atoms with Gasteiger partial charge in [0.05, 0.1) is 28.8 Å². The third-order valence-corrected chi connectivity index (χ3v) is 5.83. The number of nitrogens with one attached hydrogen (secondary N) is 1. The molecule has 2 N–H and O–H groups in total. The van der Waals surface area contributed by atoms with Crippen LogP contribution in [0.3, 0.4) is 0 Å². The van der Waals surface area contributed by atoms with E-state index in [4.69, 9.17) is 11.6 Å². The van der Waals surface area contributed by atoms with Gasteiger partial charge >= 0.3 is 0 Å². The smallest absolute Gasteiger partial charge is 0.235 e. The van der Waals surface area contributed by atoms with E-state index in [9.17, 15) is 9.90 Å². The van der Waals surface area contributed by atoms with Crippen molar-refractivity contribution in [1.82, 2.24) is 9.78 Å². The number of nitrogens with zero attached hydrogens (tertiary/aromatic N) is 2. The molecule has 0 saturated carbocycles. The van der Waals surface area contributed by atoms with Crippen LogP contribution in [0.15, 0.2) is 54.7 Å². The van der Waals surface area contributed by atoms with Gasteiger partial charge in [0.1, 0.15) is 11.6 Å². The van der Waals surface area contributed by atoms with Crippen LogP contribution in [-0.2, 0) is 11.3 Å². The molecule has 5 nitrogen and oxygen atoms in total. The molecule has 0 aliphatic carbocycles. The highest BCUT2D eigenvalue weighted by molar-refractivity contribution is 8.00. The molecule has 1 aliphatic heterocycles. The minimum atomic E-state index is -0.0911. The summed E-state index contributed by atoms with van der Waals surface area (Å²) in [7, 11) is 0. The molecule has 0 radical (unpaired) electrons. The molecule has 0 fully saturated rings. The standard InChI is InChI=1S/C19H16ClN3O2S/c20-15-8-13(6-7-16(15)24)18-14-9-21-23(10-12-4-2-1-3-5-12)19(14)22-17(25)11-26-18/h1-9,18,24H,10-11H2,(H,22,25)/t18-/m1/s1. The van der Waals surface area contributed by atoms with E-state index >= 15 is 0 Å². The fourth-order valence-electron chi connectivity index (χ4n) is 2.98. The van der Waals surface area contributed by atoms with Crippen molar-refractivity contribution in [2.75, 3.05) is 11.1 Å². The normalized spacial score (nSPS) is 16.7. The van der Waals surface area contributed by atoms with Crippen LogP contribution in [0.5, 0.6) is 5.75 Å². The highest BCUT2D eigenvalue weighted by Gasteiger charge is 2.28. The second-order valence-corrected chi connectivity index (χ2v) is 7.54. The van der Waals surface area contributed by atoms with Gasteiger partial charge in [0, 0.05) is 5.56 Å². The van der Waals surface area contributed by atoms with Crippen LogP contribution >= 0.6 is 23.4 Å². The average Bonchev–Trinajstić information content (AvgIpc) is 2.92. The summed E-state index contributed by atoms with van der Waals surface area (Å²) in [5.41, 5.74) is 2.96. The second kappa shape index (κ2) is 7.05. The molecule has 2 aromatic carbocycles. The first-order valence-electron chi connectivity index (χ1n) is 8.11. The van der Waals surface area contributed by atoms with E-state index in [0.717, 1.165) is 16.7 Å². The quantitative estimate of drug-likeness (QED) is 0.713. The minimum Gasteiger partial charge on any atom is -0.506 e. The Kier molecular flexibility index (Phi) is 4.61. The van der Waals surface area contributed by atoms with E-state index in [2.05, 4.69) is 10.4 Å². The Morgan fingerprint density at radius 1 is 1.27 bits per heavy atom. The van der Waals surface area contributed by atoms with Crippen molar-refractivity contribution in [3.8, 4) is 5.75 Å². The highest BCUT2D eigenvalue weighted by atomic mass is 35.5. The summed E-state index contributed by atoms with van der Waals surface area (Å²) in [6.07, 6.45) is 1.79. The number of benzene rings is 2. The van der Waals surface area contributed by atoms with E-state index in [1.807, 2.05) is 41.1 Å².